The highest BCUT2D eigenvalue weighted by molar-refractivity contribution is 9.09. The van der Waals surface area contributed by atoms with Crippen molar-refractivity contribution in [2.75, 3.05) is 27.4 Å². The summed E-state index contributed by atoms with van der Waals surface area (Å²) in [6.45, 7) is -1.47. The lowest BCUT2D eigenvalue weighted by molar-refractivity contribution is -0.174. The Labute approximate surface area is 128 Å². The molecule has 0 radical (unpaired) electrons. The van der Waals surface area contributed by atoms with Crippen LogP contribution in [0.5, 0.6) is 11.5 Å². The Hall–Kier alpha value is -1.02. The second-order valence-electron chi connectivity index (χ2n) is 4.15. The Morgan fingerprint density at radius 1 is 1.14 bits per heavy atom. The minimum absolute atomic E-state index is 0.150. The largest absolute Gasteiger partial charge is 0.493 e. The number of alkyl halides is 4. The Bertz CT molecular complexity index is 465. The number of ether oxygens (including phenoxy) is 3. The predicted molar refractivity (Wildman–Crippen MR) is 72.7 cm³/mol. The molecule has 8 heteroatoms. The molecule has 0 aromatic heterocycles. The van der Waals surface area contributed by atoms with Crippen molar-refractivity contribution in [3.8, 4) is 11.5 Å². The maximum atomic E-state index is 13.9. The molecule has 1 aromatic rings. The van der Waals surface area contributed by atoms with Gasteiger partial charge in [-0.05, 0) is 12.5 Å². The normalized spacial score (nSPS) is 13.1. The zero-order valence-electron chi connectivity index (χ0n) is 11.5. The highest BCUT2D eigenvalue weighted by atomic mass is 79.9. The molecule has 1 atom stereocenters. The summed E-state index contributed by atoms with van der Waals surface area (Å²) in [4.78, 5) is -0.495. The van der Waals surface area contributed by atoms with Gasteiger partial charge in [-0.25, -0.2) is 4.39 Å². The third-order valence-electron chi connectivity index (χ3n) is 2.62. The molecule has 0 bridgehead atoms. The van der Waals surface area contributed by atoms with Crippen molar-refractivity contribution in [2.45, 2.75) is 17.4 Å². The third kappa shape index (κ3) is 5.70. The van der Waals surface area contributed by atoms with Crippen LogP contribution in [-0.2, 0) is 4.74 Å². The first-order chi connectivity index (χ1) is 9.78. The lowest BCUT2D eigenvalue weighted by Gasteiger charge is -2.15. The van der Waals surface area contributed by atoms with E-state index in [0.717, 1.165) is 0 Å². The van der Waals surface area contributed by atoms with E-state index in [-0.39, 0.29) is 24.3 Å². The molecule has 0 aliphatic carbocycles. The highest BCUT2D eigenvalue weighted by Gasteiger charge is 2.27. The molecule has 21 heavy (non-hydrogen) atoms. The van der Waals surface area contributed by atoms with Gasteiger partial charge in [-0.2, -0.15) is 13.2 Å². The molecular weight excluding hydrogens is 360 g/mol. The number of methoxy groups -OCH3 is 2. The van der Waals surface area contributed by atoms with Crippen molar-refractivity contribution < 1.29 is 31.8 Å². The number of halogens is 5. The van der Waals surface area contributed by atoms with Gasteiger partial charge >= 0.3 is 6.18 Å². The fourth-order valence-corrected chi connectivity index (χ4v) is 2.18. The molecule has 120 valence electrons. The first-order valence-electron chi connectivity index (χ1n) is 5.98. The van der Waals surface area contributed by atoms with E-state index in [1.165, 1.54) is 26.4 Å². The molecular formula is C13H15BrF4O3. The van der Waals surface area contributed by atoms with Crippen molar-refractivity contribution >= 4 is 15.9 Å². The Morgan fingerprint density at radius 3 is 2.24 bits per heavy atom. The minimum Gasteiger partial charge on any atom is -0.493 e. The van der Waals surface area contributed by atoms with Crippen molar-refractivity contribution in [2.24, 2.45) is 0 Å². The summed E-state index contributed by atoms with van der Waals surface area (Å²) in [6, 6.07) is 2.61. The Kier molecular flexibility index (Phi) is 6.73. The maximum absolute atomic E-state index is 13.9. The van der Waals surface area contributed by atoms with Crippen LogP contribution in [0.25, 0.3) is 0 Å². The maximum Gasteiger partial charge on any atom is 0.411 e. The van der Waals surface area contributed by atoms with Crippen LogP contribution in [0.2, 0.25) is 0 Å². The third-order valence-corrected chi connectivity index (χ3v) is 3.57. The summed E-state index contributed by atoms with van der Waals surface area (Å²) < 4.78 is 64.2. The molecule has 1 rings (SSSR count). The smallest absolute Gasteiger partial charge is 0.411 e. The second-order valence-corrected chi connectivity index (χ2v) is 5.26. The summed E-state index contributed by atoms with van der Waals surface area (Å²) in [5.74, 6) is 0.0478. The van der Waals surface area contributed by atoms with Crippen molar-refractivity contribution in [1.82, 2.24) is 0 Å². The van der Waals surface area contributed by atoms with Gasteiger partial charge in [0.2, 0.25) is 0 Å². The van der Waals surface area contributed by atoms with E-state index in [1.807, 2.05) is 0 Å². The first kappa shape index (κ1) is 18.0. The van der Waals surface area contributed by atoms with Gasteiger partial charge in [0.05, 0.1) is 14.2 Å². The molecule has 0 aliphatic rings. The van der Waals surface area contributed by atoms with Gasteiger partial charge in [0.1, 0.15) is 12.4 Å². The number of hydrogen-bond acceptors (Lipinski definition) is 3. The van der Waals surface area contributed by atoms with E-state index in [4.69, 9.17) is 9.47 Å². The fourth-order valence-electron chi connectivity index (χ4n) is 1.64. The highest BCUT2D eigenvalue weighted by Crippen LogP contribution is 2.36. The summed E-state index contributed by atoms with van der Waals surface area (Å²) in [6.07, 6.45) is -4.18. The van der Waals surface area contributed by atoms with Crippen LogP contribution in [0.4, 0.5) is 17.6 Å². The van der Waals surface area contributed by atoms with E-state index < -0.39 is 23.4 Å². The van der Waals surface area contributed by atoms with E-state index in [2.05, 4.69) is 20.7 Å². The van der Waals surface area contributed by atoms with Gasteiger partial charge in [0, 0.05) is 23.1 Å². The SMILES string of the molecule is COc1cc(F)c(C(Br)CCOCC(F)(F)F)cc1OC. The second kappa shape index (κ2) is 7.84. The molecule has 0 N–H and O–H groups in total. The zero-order chi connectivity index (χ0) is 16.0. The molecule has 0 spiro atoms. The van der Waals surface area contributed by atoms with E-state index >= 15 is 0 Å². The lowest BCUT2D eigenvalue weighted by Crippen LogP contribution is -2.17. The van der Waals surface area contributed by atoms with Crippen LogP contribution in [0.1, 0.15) is 16.8 Å². The van der Waals surface area contributed by atoms with Crippen molar-refractivity contribution in [1.29, 1.82) is 0 Å². The molecule has 0 heterocycles. The average molecular weight is 375 g/mol. The summed E-state index contributed by atoms with van der Waals surface area (Å²) >= 11 is 3.23. The molecule has 0 amide bonds. The monoisotopic (exact) mass is 374 g/mol. The van der Waals surface area contributed by atoms with Crippen LogP contribution in [0, 0.1) is 5.82 Å². The van der Waals surface area contributed by atoms with Crippen LogP contribution in [0.3, 0.4) is 0 Å². The summed E-state index contributed by atoms with van der Waals surface area (Å²) in [5, 5.41) is 0. The molecule has 0 aliphatic heterocycles. The van der Waals surface area contributed by atoms with Crippen molar-refractivity contribution in [3.63, 3.8) is 0 Å². The molecule has 0 saturated carbocycles. The van der Waals surface area contributed by atoms with Crippen LogP contribution >= 0.6 is 15.9 Å². The number of rotatable bonds is 7. The minimum atomic E-state index is -4.36. The zero-order valence-corrected chi connectivity index (χ0v) is 13.1. The number of benzene rings is 1. The number of hydrogen-bond donors (Lipinski definition) is 0. The summed E-state index contributed by atoms with van der Waals surface area (Å²) in [7, 11) is 2.79. The van der Waals surface area contributed by atoms with Gasteiger partial charge in [-0.15, -0.1) is 0 Å². The lowest BCUT2D eigenvalue weighted by atomic mass is 10.1. The van der Waals surface area contributed by atoms with E-state index in [1.54, 1.807) is 0 Å². The Balaban J connectivity index is 2.67. The fraction of sp³-hybridized carbons (Fsp3) is 0.538. The van der Waals surface area contributed by atoms with Gasteiger partial charge in [0.15, 0.2) is 11.5 Å². The van der Waals surface area contributed by atoms with Crippen LogP contribution < -0.4 is 9.47 Å². The Morgan fingerprint density at radius 2 is 1.71 bits per heavy atom. The van der Waals surface area contributed by atoms with Gasteiger partial charge in [0.25, 0.3) is 0 Å². The molecule has 1 aromatic carbocycles. The van der Waals surface area contributed by atoms with Gasteiger partial charge in [-0.1, -0.05) is 15.9 Å². The molecule has 0 fully saturated rings. The first-order valence-corrected chi connectivity index (χ1v) is 6.90. The molecule has 0 saturated heterocycles. The van der Waals surface area contributed by atoms with E-state index in [9.17, 15) is 17.6 Å². The average Bonchev–Trinajstić information content (AvgIpc) is 2.41. The van der Waals surface area contributed by atoms with Gasteiger partial charge < -0.3 is 14.2 Å². The summed E-state index contributed by atoms with van der Waals surface area (Å²) in [5.41, 5.74) is 0.267. The van der Waals surface area contributed by atoms with E-state index in [0.29, 0.717) is 5.75 Å². The predicted octanol–water partition coefficient (Wildman–Crippen LogP) is 4.25. The van der Waals surface area contributed by atoms with Gasteiger partial charge in [-0.3, -0.25) is 0 Å². The van der Waals surface area contributed by atoms with Crippen LogP contribution in [-0.4, -0.2) is 33.6 Å². The molecule has 1 unspecified atom stereocenters. The topological polar surface area (TPSA) is 27.7 Å². The molecule has 3 nitrogen and oxygen atoms in total. The quantitative estimate of drug-likeness (QED) is 0.405. The standard InChI is InChI=1S/C13H15BrF4O3/c1-19-11-5-8(10(15)6-12(11)20-2)9(14)3-4-21-7-13(16,17)18/h5-6,9H,3-4,7H2,1-2H3. The van der Waals surface area contributed by atoms with Crippen molar-refractivity contribution in [3.05, 3.63) is 23.5 Å². The van der Waals surface area contributed by atoms with Crippen LogP contribution in [0.15, 0.2) is 12.1 Å².